The highest BCUT2D eigenvalue weighted by molar-refractivity contribution is 6.05. The summed E-state index contributed by atoms with van der Waals surface area (Å²) in [5, 5.41) is 2.32. The van der Waals surface area contributed by atoms with Crippen molar-refractivity contribution in [2.75, 3.05) is 0 Å². The lowest BCUT2D eigenvalue weighted by atomic mass is 10.1. The van der Waals surface area contributed by atoms with E-state index in [1.807, 2.05) is 37.3 Å². The van der Waals surface area contributed by atoms with E-state index >= 15 is 0 Å². The number of benzene rings is 2. The summed E-state index contributed by atoms with van der Waals surface area (Å²) in [6.07, 6.45) is 0. The number of fused-ring (bicyclic) bond motifs is 3. The van der Waals surface area contributed by atoms with Crippen LogP contribution in [0, 0.1) is 13.0 Å². The van der Waals surface area contributed by atoms with Crippen molar-refractivity contribution in [3.63, 3.8) is 0 Å². The summed E-state index contributed by atoms with van der Waals surface area (Å²) in [5.74, 6) is 0. The number of para-hydroxylation sites is 1. The summed E-state index contributed by atoms with van der Waals surface area (Å²) >= 11 is 0. The topological polar surface area (TPSA) is 13.1 Å². The maximum atomic E-state index is 5.76. The van der Waals surface area contributed by atoms with E-state index in [0.717, 1.165) is 22.1 Å². The third kappa shape index (κ3) is 0.896. The van der Waals surface area contributed by atoms with Crippen molar-refractivity contribution in [1.82, 2.24) is 0 Å². The van der Waals surface area contributed by atoms with Gasteiger partial charge >= 0.3 is 0 Å². The van der Waals surface area contributed by atoms with Crippen LogP contribution >= 0.6 is 0 Å². The molecule has 0 amide bonds. The number of hydrogen-bond donors (Lipinski definition) is 0. The molecule has 0 unspecified atom stereocenters. The molecule has 1 aromatic heterocycles. The summed E-state index contributed by atoms with van der Waals surface area (Å²) in [7, 11) is 0. The Morgan fingerprint density at radius 3 is 2.86 bits per heavy atom. The zero-order valence-corrected chi connectivity index (χ0v) is 7.87. The molecule has 0 saturated carbocycles. The van der Waals surface area contributed by atoms with E-state index in [2.05, 4.69) is 12.1 Å². The summed E-state index contributed by atoms with van der Waals surface area (Å²) in [6, 6.07) is 15.1. The molecular formula is C13H9O. The van der Waals surface area contributed by atoms with Gasteiger partial charge < -0.3 is 4.42 Å². The zero-order valence-electron chi connectivity index (χ0n) is 7.87. The predicted octanol–water partition coefficient (Wildman–Crippen LogP) is 3.69. The lowest BCUT2D eigenvalue weighted by molar-refractivity contribution is 0.666. The van der Waals surface area contributed by atoms with Crippen LogP contribution in [0.25, 0.3) is 21.9 Å². The van der Waals surface area contributed by atoms with E-state index in [4.69, 9.17) is 4.42 Å². The van der Waals surface area contributed by atoms with Crippen LogP contribution in [0.4, 0.5) is 0 Å². The molecule has 0 bridgehead atoms. The molecule has 0 atom stereocenters. The molecule has 0 fully saturated rings. The van der Waals surface area contributed by atoms with E-state index in [-0.39, 0.29) is 0 Å². The second-order valence-corrected chi connectivity index (χ2v) is 3.48. The average molecular weight is 181 g/mol. The molecule has 3 aromatic rings. The fourth-order valence-electron chi connectivity index (χ4n) is 1.82. The molecule has 67 valence electrons. The number of rotatable bonds is 0. The van der Waals surface area contributed by atoms with Gasteiger partial charge in [0.05, 0.1) is 0 Å². The first-order valence-corrected chi connectivity index (χ1v) is 4.64. The monoisotopic (exact) mass is 181 g/mol. The number of furan rings is 1. The van der Waals surface area contributed by atoms with Gasteiger partial charge in [-0.2, -0.15) is 0 Å². The van der Waals surface area contributed by atoms with Crippen LogP contribution in [0.3, 0.4) is 0 Å². The minimum atomic E-state index is 0.949. The number of hydrogen-bond acceptors (Lipinski definition) is 1. The molecular weight excluding hydrogens is 172 g/mol. The minimum absolute atomic E-state index is 0.949. The third-order valence-electron chi connectivity index (χ3n) is 2.52. The smallest absolute Gasteiger partial charge is 0.138 e. The fraction of sp³-hybridized carbons (Fsp3) is 0.0769. The Morgan fingerprint density at radius 1 is 1.07 bits per heavy atom. The molecule has 2 aromatic carbocycles. The van der Waals surface area contributed by atoms with Crippen molar-refractivity contribution < 1.29 is 4.42 Å². The highest BCUT2D eigenvalue weighted by Gasteiger charge is 2.06. The molecule has 1 radical (unpaired) electrons. The second-order valence-electron chi connectivity index (χ2n) is 3.48. The molecule has 3 rings (SSSR count). The predicted molar refractivity (Wildman–Crippen MR) is 57.3 cm³/mol. The van der Waals surface area contributed by atoms with E-state index in [1.165, 1.54) is 5.39 Å². The minimum Gasteiger partial charge on any atom is -0.456 e. The maximum Gasteiger partial charge on any atom is 0.138 e. The van der Waals surface area contributed by atoms with Crippen molar-refractivity contribution in [3.05, 3.63) is 48.0 Å². The van der Waals surface area contributed by atoms with Crippen LogP contribution in [0.15, 0.2) is 40.8 Å². The zero-order chi connectivity index (χ0) is 9.54. The van der Waals surface area contributed by atoms with E-state index in [1.54, 1.807) is 0 Å². The highest BCUT2D eigenvalue weighted by Crippen LogP contribution is 2.29. The molecule has 0 spiro atoms. The Kier molecular flexibility index (Phi) is 1.42. The summed E-state index contributed by atoms with van der Waals surface area (Å²) in [5.41, 5.74) is 3.06. The van der Waals surface area contributed by atoms with Crippen LogP contribution in [-0.4, -0.2) is 0 Å². The maximum absolute atomic E-state index is 5.76. The standard InChI is InChI=1S/C13H9O/c1-9-5-4-7-11-10-6-2-3-8-12(10)14-13(9)11/h2-3,5-8H,1H3. The molecule has 0 aliphatic carbocycles. The van der Waals surface area contributed by atoms with Gasteiger partial charge in [-0.1, -0.05) is 18.2 Å². The Morgan fingerprint density at radius 2 is 1.93 bits per heavy atom. The molecule has 0 N–H and O–H groups in total. The molecule has 0 saturated heterocycles. The highest BCUT2D eigenvalue weighted by atomic mass is 16.3. The second kappa shape index (κ2) is 2.61. The Labute approximate surface area is 82.0 Å². The van der Waals surface area contributed by atoms with E-state index < -0.39 is 0 Å². The van der Waals surface area contributed by atoms with E-state index in [0.29, 0.717) is 0 Å². The van der Waals surface area contributed by atoms with Crippen molar-refractivity contribution in [1.29, 1.82) is 0 Å². The Hall–Kier alpha value is -1.76. The molecule has 1 nitrogen and oxygen atoms in total. The average Bonchev–Trinajstić information content (AvgIpc) is 2.59. The third-order valence-corrected chi connectivity index (χ3v) is 2.52. The normalized spacial score (nSPS) is 11.2. The largest absolute Gasteiger partial charge is 0.456 e. The van der Waals surface area contributed by atoms with Gasteiger partial charge in [0.1, 0.15) is 11.2 Å². The van der Waals surface area contributed by atoms with E-state index in [9.17, 15) is 0 Å². The first-order chi connectivity index (χ1) is 6.86. The van der Waals surface area contributed by atoms with Crippen LogP contribution < -0.4 is 0 Å². The van der Waals surface area contributed by atoms with Gasteiger partial charge in [0, 0.05) is 10.8 Å². The van der Waals surface area contributed by atoms with Crippen LogP contribution in [0.2, 0.25) is 0 Å². The van der Waals surface area contributed by atoms with Gasteiger partial charge in [0.25, 0.3) is 0 Å². The van der Waals surface area contributed by atoms with Crippen molar-refractivity contribution in [3.8, 4) is 0 Å². The van der Waals surface area contributed by atoms with Gasteiger partial charge in [-0.15, -0.1) is 0 Å². The molecule has 0 aliphatic rings. The van der Waals surface area contributed by atoms with Gasteiger partial charge in [-0.25, -0.2) is 0 Å². The van der Waals surface area contributed by atoms with Crippen LogP contribution in [-0.2, 0) is 0 Å². The van der Waals surface area contributed by atoms with Gasteiger partial charge in [0.15, 0.2) is 0 Å². The first kappa shape index (κ1) is 7.63. The van der Waals surface area contributed by atoms with Crippen molar-refractivity contribution in [2.24, 2.45) is 0 Å². The molecule has 1 heterocycles. The first-order valence-electron chi connectivity index (χ1n) is 4.64. The quantitative estimate of drug-likeness (QED) is 0.515. The molecule has 14 heavy (non-hydrogen) atoms. The summed E-state index contributed by atoms with van der Waals surface area (Å²) < 4.78 is 5.76. The van der Waals surface area contributed by atoms with Gasteiger partial charge in [0.2, 0.25) is 0 Å². The lowest BCUT2D eigenvalue weighted by Gasteiger charge is -1.91. The van der Waals surface area contributed by atoms with Gasteiger partial charge in [-0.3, -0.25) is 0 Å². The van der Waals surface area contributed by atoms with Crippen molar-refractivity contribution >= 4 is 21.9 Å². The molecule has 1 heteroatoms. The number of aryl methyl sites for hydroxylation is 1. The van der Waals surface area contributed by atoms with Crippen molar-refractivity contribution in [2.45, 2.75) is 6.92 Å². The Bertz CT molecular complexity index is 605. The fourth-order valence-corrected chi connectivity index (χ4v) is 1.82. The Balaban J connectivity index is 2.63. The molecule has 0 aliphatic heterocycles. The summed E-state index contributed by atoms with van der Waals surface area (Å²) in [4.78, 5) is 0. The lowest BCUT2D eigenvalue weighted by Crippen LogP contribution is -1.71. The summed E-state index contributed by atoms with van der Waals surface area (Å²) in [6.45, 7) is 2.04. The van der Waals surface area contributed by atoms with Gasteiger partial charge in [-0.05, 0) is 36.8 Å². The van der Waals surface area contributed by atoms with Crippen LogP contribution in [0.5, 0.6) is 0 Å². The SMILES string of the molecule is Cc1c[c]cc2c1oc1ccccc12. The van der Waals surface area contributed by atoms with Crippen LogP contribution in [0.1, 0.15) is 5.56 Å².